The summed E-state index contributed by atoms with van der Waals surface area (Å²) in [5.74, 6) is 0.512. The number of guanidine groups is 1. The topological polar surface area (TPSA) is 73.1 Å². The van der Waals surface area contributed by atoms with Gasteiger partial charge in [-0.1, -0.05) is 25.1 Å². The fourth-order valence-corrected chi connectivity index (χ4v) is 3.02. The summed E-state index contributed by atoms with van der Waals surface area (Å²) in [6, 6.07) is 8.14. The van der Waals surface area contributed by atoms with Crippen molar-refractivity contribution in [3.05, 3.63) is 35.5 Å². The van der Waals surface area contributed by atoms with E-state index in [1.807, 2.05) is 24.4 Å². The summed E-state index contributed by atoms with van der Waals surface area (Å²) in [4.78, 5) is 9.26. The summed E-state index contributed by atoms with van der Waals surface area (Å²) in [5, 5.41) is 16.1. The van der Waals surface area contributed by atoms with Gasteiger partial charge in [-0.15, -0.1) is 0 Å². The Morgan fingerprint density at radius 3 is 2.96 bits per heavy atom. The van der Waals surface area contributed by atoms with Crippen molar-refractivity contribution in [3.8, 4) is 6.19 Å². The number of aryl methyl sites for hydroxylation is 1. The summed E-state index contributed by atoms with van der Waals surface area (Å²) in [5.41, 5.74) is 4.47. The van der Waals surface area contributed by atoms with Crippen LogP contribution in [0.5, 0.6) is 0 Å². The molecule has 1 aliphatic carbocycles. The van der Waals surface area contributed by atoms with Gasteiger partial charge in [0.1, 0.15) is 0 Å². The van der Waals surface area contributed by atoms with Gasteiger partial charge >= 0.3 is 0 Å². The van der Waals surface area contributed by atoms with Crippen molar-refractivity contribution in [3.63, 3.8) is 0 Å². The molecule has 2 N–H and O–H groups in total. The van der Waals surface area contributed by atoms with Gasteiger partial charge in [0.25, 0.3) is 0 Å². The van der Waals surface area contributed by atoms with Crippen LogP contribution in [0.3, 0.4) is 0 Å². The number of fused-ring (bicyclic) bond motifs is 2. The van der Waals surface area contributed by atoms with Gasteiger partial charge < -0.3 is 5.32 Å². The monoisotopic (exact) mass is 307 g/mol. The molecule has 3 rings (SSSR count). The first kappa shape index (κ1) is 15.3. The lowest BCUT2D eigenvalue weighted by Gasteiger charge is -2.21. The smallest absolute Gasteiger partial charge is 0.209 e. The molecule has 2 aromatic rings. The normalized spacial score (nSPS) is 14.2. The van der Waals surface area contributed by atoms with Crippen molar-refractivity contribution in [1.29, 1.82) is 5.26 Å². The maximum absolute atomic E-state index is 8.97. The number of rotatable bonds is 3. The Balaban J connectivity index is 2.09. The Labute approximate surface area is 136 Å². The number of nitrogens with one attached hydrogen (secondary N) is 2. The summed E-state index contributed by atoms with van der Waals surface area (Å²) in [6.45, 7) is 2.75. The standard InChI is InChI=1S/C18H21N5/c1-2-11-20-18(21-12-19)23-17-13-7-3-5-9-15(13)22-16-10-6-4-8-14(16)17/h3,5,7,9H,2,4,6,8,10-11H2,1H3,(H2,20,21,22,23). The van der Waals surface area contributed by atoms with Crippen molar-refractivity contribution < 1.29 is 0 Å². The molecule has 1 heterocycles. The molecular weight excluding hydrogens is 286 g/mol. The van der Waals surface area contributed by atoms with Crippen molar-refractivity contribution in [1.82, 2.24) is 10.3 Å². The number of nitrogens with zero attached hydrogens (tertiary/aromatic N) is 3. The van der Waals surface area contributed by atoms with Crippen LogP contribution in [0.15, 0.2) is 29.3 Å². The molecule has 23 heavy (non-hydrogen) atoms. The molecule has 5 heteroatoms. The minimum absolute atomic E-state index is 0.512. The number of nitriles is 1. The van der Waals surface area contributed by atoms with Crippen LogP contribution in [0, 0.1) is 11.5 Å². The third-order valence-corrected chi connectivity index (χ3v) is 4.08. The van der Waals surface area contributed by atoms with Crippen molar-refractivity contribution in [2.24, 2.45) is 4.99 Å². The zero-order chi connectivity index (χ0) is 16.1. The Morgan fingerprint density at radius 1 is 1.30 bits per heavy atom. The SMILES string of the molecule is CCCN=C(NC#N)Nc1c2c(nc3ccccc13)CCCC2. The maximum atomic E-state index is 8.97. The van der Waals surface area contributed by atoms with Crippen molar-refractivity contribution >= 4 is 22.5 Å². The predicted molar refractivity (Wildman–Crippen MR) is 93.3 cm³/mol. The predicted octanol–water partition coefficient (Wildman–Crippen LogP) is 3.36. The van der Waals surface area contributed by atoms with Crippen LogP contribution in [0.1, 0.15) is 37.4 Å². The number of aliphatic imine (C=N–C) groups is 1. The highest BCUT2D eigenvalue weighted by Crippen LogP contribution is 2.33. The van der Waals surface area contributed by atoms with Crippen LogP contribution in [-0.4, -0.2) is 17.5 Å². The highest BCUT2D eigenvalue weighted by atomic mass is 15.2. The summed E-state index contributed by atoms with van der Waals surface area (Å²) < 4.78 is 0. The number of aromatic nitrogens is 1. The van der Waals surface area contributed by atoms with E-state index in [0.717, 1.165) is 35.9 Å². The van der Waals surface area contributed by atoms with Crippen LogP contribution in [0.4, 0.5) is 5.69 Å². The van der Waals surface area contributed by atoms with Gasteiger partial charge in [0.05, 0.1) is 11.2 Å². The zero-order valence-electron chi connectivity index (χ0n) is 13.4. The van der Waals surface area contributed by atoms with Gasteiger partial charge in [0, 0.05) is 17.6 Å². The molecule has 0 saturated heterocycles. The van der Waals surface area contributed by atoms with Gasteiger partial charge in [-0.3, -0.25) is 15.3 Å². The molecule has 1 aliphatic rings. The van der Waals surface area contributed by atoms with Gasteiger partial charge in [0.15, 0.2) is 6.19 Å². The van der Waals surface area contributed by atoms with E-state index < -0.39 is 0 Å². The number of pyridine rings is 1. The Morgan fingerprint density at radius 2 is 2.13 bits per heavy atom. The quantitative estimate of drug-likeness (QED) is 0.395. The van der Waals surface area contributed by atoms with E-state index in [9.17, 15) is 0 Å². The Kier molecular flexibility index (Phi) is 4.72. The number of para-hydroxylation sites is 1. The summed E-state index contributed by atoms with van der Waals surface area (Å²) in [7, 11) is 0. The van der Waals surface area contributed by atoms with Crippen LogP contribution >= 0.6 is 0 Å². The molecule has 0 bridgehead atoms. The van der Waals surface area contributed by atoms with E-state index in [2.05, 4.69) is 28.6 Å². The summed E-state index contributed by atoms with van der Waals surface area (Å²) >= 11 is 0. The van der Waals surface area contributed by atoms with Crippen LogP contribution in [0.25, 0.3) is 10.9 Å². The Hall–Kier alpha value is -2.61. The molecule has 5 nitrogen and oxygen atoms in total. The largest absolute Gasteiger partial charge is 0.325 e. The molecule has 1 aromatic carbocycles. The fraction of sp³-hybridized carbons (Fsp3) is 0.389. The third-order valence-electron chi connectivity index (χ3n) is 4.08. The molecule has 0 spiro atoms. The van der Waals surface area contributed by atoms with E-state index in [1.54, 1.807) is 0 Å². The van der Waals surface area contributed by atoms with Crippen molar-refractivity contribution in [2.45, 2.75) is 39.0 Å². The number of hydrogen-bond donors (Lipinski definition) is 2. The number of hydrogen-bond acceptors (Lipinski definition) is 3. The molecule has 0 radical (unpaired) electrons. The average Bonchev–Trinajstić information content (AvgIpc) is 2.59. The van der Waals surface area contributed by atoms with Gasteiger partial charge in [-0.2, -0.15) is 5.26 Å². The van der Waals surface area contributed by atoms with Crippen LogP contribution in [-0.2, 0) is 12.8 Å². The molecular formula is C18H21N5. The first-order chi connectivity index (χ1) is 11.3. The van der Waals surface area contributed by atoms with E-state index in [1.165, 1.54) is 24.1 Å². The molecule has 0 atom stereocenters. The summed E-state index contributed by atoms with van der Waals surface area (Å²) in [6.07, 6.45) is 7.30. The van der Waals surface area contributed by atoms with E-state index in [-0.39, 0.29) is 0 Å². The molecule has 0 aliphatic heterocycles. The van der Waals surface area contributed by atoms with E-state index in [4.69, 9.17) is 10.2 Å². The molecule has 118 valence electrons. The molecule has 0 fully saturated rings. The Bertz CT molecular complexity index is 773. The lowest BCUT2D eigenvalue weighted by molar-refractivity contribution is 0.672. The highest BCUT2D eigenvalue weighted by Gasteiger charge is 2.18. The maximum Gasteiger partial charge on any atom is 0.209 e. The first-order valence-electron chi connectivity index (χ1n) is 8.20. The molecule has 0 unspecified atom stereocenters. The van der Waals surface area contributed by atoms with Crippen molar-refractivity contribution in [2.75, 3.05) is 11.9 Å². The number of benzene rings is 1. The molecule has 0 amide bonds. The lowest BCUT2D eigenvalue weighted by atomic mass is 9.92. The molecule has 1 aromatic heterocycles. The minimum Gasteiger partial charge on any atom is -0.325 e. The van der Waals surface area contributed by atoms with Crippen LogP contribution < -0.4 is 10.6 Å². The fourth-order valence-electron chi connectivity index (χ4n) is 3.02. The van der Waals surface area contributed by atoms with Gasteiger partial charge in [-0.05, 0) is 43.7 Å². The highest BCUT2D eigenvalue weighted by molar-refractivity contribution is 6.04. The molecule has 0 saturated carbocycles. The van der Waals surface area contributed by atoms with Gasteiger partial charge in [-0.25, -0.2) is 0 Å². The zero-order valence-corrected chi connectivity index (χ0v) is 13.4. The van der Waals surface area contributed by atoms with Crippen LogP contribution in [0.2, 0.25) is 0 Å². The third kappa shape index (κ3) is 3.26. The first-order valence-corrected chi connectivity index (χ1v) is 8.20. The second-order valence-corrected chi connectivity index (χ2v) is 5.73. The second-order valence-electron chi connectivity index (χ2n) is 5.73. The second kappa shape index (κ2) is 7.10. The van der Waals surface area contributed by atoms with E-state index in [0.29, 0.717) is 12.5 Å². The average molecular weight is 307 g/mol. The van der Waals surface area contributed by atoms with Gasteiger partial charge in [0.2, 0.25) is 5.96 Å². The number of anilines is 1. The minimum atomic E-state index is 0.512. The lowest BCUT2D eigenvalue weighted by Crippen LogP contribution is -2.28. The van der Waals surface area contributed by atoms with E-state index >= 15 is 0 Å².